The van der Waals surface area contributed by atoms with Crippen LogP contribution in [-0.2, 0) is 6.42 Å². The van der Waals surface area contributed by atoms with Crippen LogP contribution in [-0.4, -0.2) is 22.6 Å². The Balaban J connectivity index is 1.67. The minimum atomic E-state index is 0.544. The van der Waals surface area contributed by atoms with Crippen molar-refractivity contribution < 1.29 is 0 Å². The molecule has 1 aliphatic carbocycles. The number of hydrogen-bond donors (Lipinski definition) is 2. The Hall–Kier alpha value is -0.830. The average Bonchev–Trinajstić information content (AvgIpc) is 2.76. The number of nitrogens with zero attached hydrogens (tertiary/aromatic N) is 1. The Labute approximate surface area is 91.7 Å². The first-order valence-electron chi connectivity index (χ1n) is 5.87. The summed E-state index contributed by atoms with van der Waals surface area (Å²) in [5, 5.41) is 3.62. The summed E-state index contributed by atoms with van der Waals surface area (Å²) in [7, 11) is 0. The summed E-state index contributed by atoms with van der Waals surface area (Å²) >= 11 is 0. The minimum absolute atomic E-state index is 0.544. The Morgan fingerprint density at radius 1 is 1.60 bits per heavy atom. The zero-order valence-electron chi connectivity index (χ0n) is 9.71. The summed E-state index contributed by atoms with van der Waals surface area (Å²) in [4.78, 5) is 7.34. The highest BCUT2D eigenvalue weighted by Crippen LogP contribution is 2.36. The standard InChI is InChI=1S/C12H21N3/c1-12(2)5-3-10(9-12)13-6-4-11-14-7-8-15-11/h7-8,10,13H,3-6,9H2,1-2H3,(H,14,15). The fourth-order valence-corrected chi connectivity index (χ4v) is 2.44. The molecule has 0 saturated heterocycles. The molecule has 2 rings (SSSR count). The lowest BCUT2D eigenvalue weighted by Gasteiger charge is -2.17. The van der Waals surface area contributed by atoms with E-state index in [2.05, 4.69) is 29.1 Å². The highest BCUT2D eigenvalue weighted by molar-refractivity contribution is 4.90. The predicted octanol–water partition coefficient (Wildman–Crippen LogP) is 2.12. The van der Waals surface area contributed by atoms with Crippen LogP contribution in [0.4, 0.5) is 0 Å². The van der Waals surface area contributed by atoms with Gasteiger partial charge in [-0.25, -0.2) is 4.98 Å². The van der Waals surface area contributed by atoms with Crippen LogP contribution in [0.2, 0.25) is 0 Å². The van der Waals surface area contributed by atoms with E-state index in [0.29, 0.717) is 5.41 Å². The van der Waals surface area contributed by atoms with Gasteiger partial charge >= 0.3 is 0 Å². The van der Waals surface area contributed by atoms with Crippen LogP contribution in [0.5, 0.6) is 0 Å². The van der Waals surface area contributed by atoms with E-state index in [-0.39, 0.29) is 0 Å². The van der Waals surface area contributed by atoms with Crippen molar-refractivity contribution in [2.24, 2.45) is 5.41 Å². The van der Waals surface area contributed by atoms with E-state index >= 15 is 0 Å². The van der Waals surface area contributed by atoms with Gasteiger partial charge in [-0.05, 0) is 24.7 Å². The largest absolute Gasteiger partial charge is 0.349 e. The van der Waals surface area contributed by atoms with Gasteiger partial charge in [0.15, 0.2) is 0 Å². The number of aromatic amines is 1. The molecule has 0 aliphatic heterocycles. The van der Waals surface area contributed by atoms with E-state index in [9.17, 15) is 0 Å². The fourth-order valence-electron chi connectivity index (χ4n) is 2.44. The maximum Gasteiger partial charge on any atom is 0.107 e. The molecule has 1 unspecified atom stereocenters. The molecule has 1 aromatic heterocycles. The van der Waals surface area contributed by atoms with Gasteiger partial charge in [-0.3, -0.25) is 0 Å². The number of rotatable bonds is 4. The van der Waals surface area contributed by atoms with Gasteiger partial charge in [-0.1, -0.05) is 13.8 Å². The molecule has 15 heavy (non-hydrogen) atoms. The molecule has 3 nitrogen and oxygen atoms in total. The molecule has 1 saturated carbocycles. The van der Waals surface area contributed by atoms with Crippen LogP contribution in [0.3, 0.4) is 0 Å². The Morgan fingerprint density at radius 2 is 2.47 bits per heavy atom. The van der Waals surface area contributed by atoms with Gasteiger partial charge in [0.05, 0.1) is 0 Å². The topological polar surface area (TPSA) is 40.7 Å². The molecule has 1 aromatic rings. The molecule has 0 aromatic carbocycles. The maximum atomic E-state index is 4.21. The van der Waals surface area contributed by atoms with Crippen LogP contribution in [0.25, 0.3) is 0 Å². The number of H-pyrrole nitrogens is 1. The van der Waals surface area contributed by atoms with Crippen molar-refractivity contribution in [2.45, 2.75) is 45.6 Å². The van der Waals surface area contributed by atoms with Gasteiger partial charge in [-0.2, -0.15) is 0 Å². The number of aromatic nitrogens is 2. The third-order valence-electron chi connectivity index (χ3n) is 3.32. The van der Waals surface area contributed by atoms with Crippen molar-refractivity contribution in [3.05, 3.63) is 18.2 Å². The van der Waals surface area contributed by atoms with Gasteiger partial charge in [-0.15, -0.1) is 0 Å². The molecule has 84 valence electrons. The molecule has 0 spiro atoms. The highest BCUT2D eigenvalue weighted by Gasteiger charge is 2.30. The Kier molecular flexibility index (Phi) is 3.10. The number of imidazole rings is 1. The van der Waals surface area contributed by atoms with E-state index in [4.69, 9.17) is 0 Å². The van der Waals surface area contributed by atoms with Crippen LogP contribution in [0.15, 0.2) is 12.4 Å². The monoisotopic (exact) mass is 207 g/mol. The molecule has 1 aliphatic rings. The van der Waals surface area contributed by atoms with E-state index < -0.39 is 0 Å². The Bertz CT molecular complexity index is 290. The maximum absolute atomic E-state index is 4.21. The lowest BCUT2D eigenvalue weighted by molar-refractivity contribution is 0.365. The van der Waals surface area contributed by atoms with Gasteiger partial charge in [0, 0.05) is 31.4 Å². The summed E-state index contributed by atoms with van der Waals surface area (Å²) < 4.78 is 0. The van der Waals surface area contributed by atoms with Crippen molar-refractivity contribution >= 4 is 0 Å². The zero-order chi connectivity index (χ0) is 10.7. The zero-order valence-corrected chi connectivity index (χ0v) is 9.71. The first-order valence-corrected chi connectivity index (χ1v) is 5.87. The third-order valence-corrected chi connectivity index (χ3v) is 3.32. The van der Waals surface area contributed by atoms with E-state index in [1.54, 1.807) is 0 Å². The molecule has 2 N–H and O–H groups in total. The lowest BCUT2D eigenvalue weighted by atomic mass is 9.92. The van der Waals surface area contributed by atoms with Crippen LogP contribution < -0.4 is 5.32 Å². The van der Waals surface area contributed by atoms with Gasteiger partial charge in [0.1, 0.15) is 5.82 Å². The first-order chi connectivity index (χ1) is 7.16. The lowest BCUT2D eigenvalue weighted by Crippen LogP contribution is -2.29. The van der Waals surface area contributed by atoms with E-state index in [0.717, 1.165) is 24.8 Å². The second-order valence-electron chi connectivity index (χ2n) is 5.34. The van der Waals surface area contributed by atoms with Crippen molar-refractivity contribution in [3.8, 4) is 0 Å². The predicted molar refractivity (Wildman–Crippen MR) is 61.7 cm³/mol. The smallest absolute Gasteiger partial charge is 0.107 e. The van der Waals surface area contributed by atoms with Crippen molar-refractivity contribution in [3.63, 3.8) is 0 Å². The fraction of sp³-hybridized carbons (Fsp3) is 0.750. The number of hydrogen-bond acceptors (Lipinski definition) is 2. The first kappa shape index (κ1) is 10.7. The van der Waals surface area contributed by atoms with Gasteiger partial charge < -0.3 is 10.3 Å². The number of nitrogens with one attached hydrogen (secondary N) is 2. The second-order valence-corrected chi connectivity index (χ2v) is 5.34. The third kappa shape index (κ3) is 3.06. The average molecular weight is 207 g/mol. The molecule has 1 heterocycles. The van der Waals surface area contributed by atoms with Gasteiger partial charge in [0.25, 0.3) is 0 Å². The molecule has 3 heteroatoms. The normalized spacial score (nSPS) is 24.5. The van der Waals surface area contributed by atoms with Gasteiger partial charge in [0.2, 0.25) is 0 Å². The summed E-state index contributed by atoms with van der Waals surface area (Å²) in [6, 6.07) is 0.718. The van der Waals surface area contributed by atoms with Crippen LogP contribution >= 0.6 is 0 Å². The second kappa shape index (κ2) is 4.35. The van der Waals surface area contributed by atoms with E-state index in [1.165, 1.54) is 19.3 Å². The molecular formula is C12H21N3. The molecule has 0 bridgehead atoms. The molecule has 1 fully saturated rings. The minimum Gasteiger partial charge on any atom is -0.349 e. The molecule has 1 atom stereocenters. The summed E-state index contributed by atoms with van der Waals surface area (Å²) in [5.41, 5.74) is 0.544. The summed E-state index contributed by atoms with van der Waals surface area (Å²) in [5.74, 6) is 1.08. The van der Waals surface area contributed by atoms with Crippen molar-refractivity contribution in [2.75, 3.05) is 6.54 Å². The highest BCUT2D eigenvalue weighted by atomic mass is 14.9. The summed E-state index contributed by atoms with van der Waals surface area (Å²) in [6.07, 6.45) is 8.69. The van der Waals surface area contributed by atoms with Crippen LogP contribution in [0.1, 0.15) is 38.9 Å². The molecule has 0 radical (unpaired) electrons. The summed E-state index contributed by atoms with van der Waals surface area (Å²) in [6.45, 7) is 5.76. The quantitative estimate of drug-likeness (QED) is 0.794. The molecule has 0 amide bonds. The van der Waals surface area contributed by atoms with E-state index in [1.807, 2.05) is 12.4 Å². The van der Waals surface area contributed by atoms with Crippen molar-refractivity contribution in [1.82, 2.24) is 15.3 Å². The SMILES string of the molecule is CC1(C)CCC(NCCc2ncc[nH]2)C1. The Morgan fingerprint density at radius 3 is 3.07 bits per heavy atom. The molecular weight excluding hydrogens is 186 g/mol. The van der Waals surface area contributed by atoms with Crippen molar-refractivity contribution in [1.29, 1.82) is 0 Å². The van der Waals surface area contributed by atoms with Crippen LogP contribution in [0, 0.1) is 5.41 Å².